The molecule has 0 bridgehead atoms. The van der Waals surface area contributed by atoms with Gasteiger partial charge in [-0.1, -0.05) is 18.2 Å². The number of carbonyl (C=O) groups excluding carboxylic acids is 1. The zero-order chi connectivity index (χ0) is 22.3. The number of carbonyl (C=O) groups is 1. The van der Waals surface area contributed by atoms with Gasteiger partial charge in [0.05, 0.1) is 4.90 Å². The van der Waals surface area contributed by atoms with Gasteiger partial charge in [0, 0.05) is 38.3 Å². The number of fused-ring (bicyclic) bond motifs is 2. The van der Waals surface area contributed by atoms with Crippen molar-refractivity contribution in [2.24, 2.45) is 4.99 Å². The zero-order valence-electron chi connectivity index (χ0n) is 17.7. The zero-order valence-corrected chi connectivity index (χ0v) is 18.5. The molecule has 0 aliphatic carbocycles. The second kappa shape index (κ2) is 8.10. The molecular weight excluding hydrogens is 432 g/mol. The summed E-state index contributed by atoms with van der Waals surface area (Å²) in [5.74, 6) is 1.66. The quantitative estimate of drug-likeness (QED) is 0.742. The highest BCUT2D eigenvalue weighted by Gasteiger charge is 2.32. The van der Waals surface area contributed by atoms with Gasteiger partial charge in [-0.05, 0) is 36.8 Å². The molecule has 2 aromatic rings. The fourth-order valence-corrected chi connectivity index (χ4v) is 5.41. The Labute approximate surface area is 186 Å². The largest absolute Gasteiger partial charge is 0.454 e. The van der Waals surface area contributed by atoms with Crippen LogP contribution in [0.5, 0.6) is 11.5 Å². The van der Waals surface area contributed by atoms with Crippen LogP contribution in [-0.2, 0) is 21.4 Å². The molecule has 32 heavy (non-hydrogen) atoms. The molecule has 168 valence electrons. The van der Waals surface area contributed by atoms with E-state index >= 15 is 0 Å². The molecule has 3 aliphatic heterocycles. The minimum Gasteiger partial charge on any atom is -0.454 e. The van der Waals surface area contributed by atoms with Crippen LogP contribution in [0.15, 0.2) is 52.4 Å². The van der Waals surface area contributed by atoms with Crippen molar-refractivity contribution in [2.45, 2.75) is 24.4 Å². The molecule has 1 fully saturated rings. The number of nitrogens with one attached hydrogen (secondary N) is 1. The maximum atomic E-state index is 12.9. The van der Waals surface area contributed by atoms with Crippen LogP contribution in [0.4, 0.5) is 0 Å². The Kier molecular flexibility index (Phi) is 5.26. The molecule has 2 aromatic carbocycles. The second-order valence-electron chi connectivity index (χ2n) is 8.04. The molecule has 0 spiro atoms. The van der Waals surface area contributed by atoms with E-state index in [0.29, 0.717) is 18.7 Å². The van der Waals surface area contributed by atoms with E-state index in [0.717, 1.165) is 36.7 Å². The van der Waals surface area contributed by atoms with E-state index in [4.69, 9.17) is 9.47 Å². The standard InChI is InChI=1S/C22H24N4O5S/c1-15(23-21-17-4-2-3-5-20(17)32(28,29)24-21)22(27)26-10-8-25(9-11-26)13-16-6-7-18-19(12-16)31-14-30-18/h2-7,12,15H,8-11,13-14H2,1H3,(H,23,24)/t15-/m1/s1. The minimum absolute atomic E-state index is 0.108. The highest BCUT2D eigenvalue weighted by molar-refractivity contribution is 7.90. The number of benzene rings is 2. The number of hydrogen-bond donors (Lipinski definition) is 1. The predicted molar refractivity (Wildman–Crippen MR) is 117 cm³/mol. The molecule has 1 N–H and O–H groups in total. The first-order valence-corrected chi connectivity index (χ1v) is 12.0. The summed E-state index contributed by atoms with van der Waals surface area (Å²) in [6.45, 7) is 5.42. The second-order valence-corrected chi connectivity index (χ2v) is 9.70. The molecule has 1 atom stereocenters. The lowest BCUT2D eigenvalue weighted by molar-refractivity contribution is -0.133. The summed E-state index contributed by atoms with van der Waals surface area (Å²) in [7, 11) is -3.62. The molecular formula is C22H24N4O5S. The molecule has 0 unspecified atom stereocenters. The van der Waals surface area contributed by atoms with E-state index in [1.54, 1.807) is 30.0 Å². The van der Waals surface area contributed by atoms with E-state index in [9.17, 15) is 13.2 Å². The summed E-state index contributed by atoms with van der Waals surface area (Å²) in [6.07, 6.45) is 0. The normalized spacial score (nSPS) is 21.3. The molecule has 0 radical (unpaired) electrons. The Morgan fingerprint density at radius 1 is 1.09 bits per heavy atom. The highest BCUT2D eigenvalue weighted by atomic mass is 32.2. The van der Waals surface area contributed by atoms with Gasteiger partial charge in [0.25, 0.3) is 10.0 Å². The number of amides is 1. The van der Waals surface area contributed by atoms with Gasteiger partial charge in [-0.3, -0.25) is 19.4 Å². The van der Waals surface area contributed by atoms with E-state index in [1.165, 1.54) is 6.07 Å². The van der Waals surface area contributed by atoms with Crippen LogP contribution in [-0.4, -0.2) is 69.0 Å². The summed E-state index contributed by atoms with van der Waals surface area (Å²) < 4.78 is 37.8. The first-order chi connectivity index (χ1) is 15.4. The Balaban J connectivity index is 1.20. The van der Waals surface area contributed by atoms with Crippen LogP contribution >= 0.6 is 0 Å². The topological polar surface area (TPSA) is 101 Å². The van der Waals surface area contributed by atoms with Gasteiger partial charge in [0.15, 0.2) is 11.5 Å². The van der Waals surface area contributed by atoms with Crippen molar-refractivity contribution in [3.8, 4) is 11.5 Å². The number of piperazine rings is 1. The number of ether oxygens (including phenoxy) is 2. The molecule has 0 aromatic heterocycles. The van der Waals surface area contributed by atoms with Crippen LogP contribution in [0.25, 0.3) is 0 Å². The fraction of sp³-hybridized carbons (Fsp3) is 0.364. The summed E-state index contributed by atoms with van der Waals surface area (Å²) >= 11 is 0. The average Bonchev–Trinajstić information content (AvgIpc) is 3.36. The van der Waals surface area contributed by atoms with Crippen molar-refractivity contribution in [2.75, 3.05) is 33.0 Å². The Morgan fingerprint density at radius 2 is 1.84 bits per heavy atom. The first-order valence-electron chi connectivity index (χ1n) is 10.5. The number of hydrogen-bond acceptors (Lipinski definition) is 7. The average molecular weight is 457 g/mol. The summed E-state index contributed by atoms with van der Waals surface area (Å²) in [5, 5.41) is 0. The molecule has 5 rings (SSSR count). The Morgan fingerprint density at radius 3 is 2.66 bits per heavy atom. The lowest BCUT2D eigenvalue weighted by atomic mass is 10.1. The van der Waals surface area contributed by atoms with Gasteiger partial charge in [-0.25, -0.2) is 8.42 Å². The van der Waals surface area contributed by atoms with Crippen molar-refractivity contribution >= 4 is 21.8 Å². The van der Waals surface area contributed by atoms with Gasteiger partial charge in [-0.2, -0.15) is 0 Å². The Bertz CT molecular complexity index is 1190. The van der Waals surface area contributed by atoms with Crippen LogP contribution in [0.2, 0.25) is 0 Å². The van der Waals surface area contributed by atoms with Crippen molar-refractivity contribution in [3.05, 3.63) is 53.6 Å². The lowest BCUT2D eigenvalue weighted by Gasteiger charge is -2.35. The van der Waals surface area contributed by atoms with Gasteiger partial charge in [-0.15, -0.1) is 0 Å². The number of nitrogens with zero attached hydrogens (tertiary/aromatic N) is 3. The third-order valence-electron chi connectivity index (χ3n) is 5.87. The Hall–Kier alpha value is -3.11. The van der Waals surface area contributed by atoms with E-state index in [2.05, 4.69) is 14.6 Å². The van der Waals surface area contributed by atoms with Crippen molar-refractivity contribution < 1.29 is 22.7 Å². The van der Waals surface area contributed by atoms with E-state index in [-0.39, 0.29) is 23.4 Å². The summed E-state index contributed by atoms with van der Waals surface area (Å²) in [6, 6.07) is 11.9. The number of amidine groups is 1. The molecule has 1 amide bonds. The molecule has 0 saturated carbocycles. The van der Waals surface area contributed by atoms with Crippen LogP contribution in [0.3, 0.4) is 0 Å². The first kappa shape index (κ1) is 20.8. The maximum absolute atomic E-state index is 12.9. The molecule has 9 nitrogen and oxygen atoms in total. The molecule has 1 saturated heterocycles. The van der Waals surface area contributed by atoms with Crippen molar-refractivity contribution in [1.82, 2.24) is 14.5 Å². The van der Waals surface area contributed by atoms with Crippen molar-refractivity contribution in [3.63, 3.8) is 0 Å². The van der Waals surface area contributed by atoms with Gasteiger partial charge in [0.1, 0.15) is 11.9 Å². The third kappa shape index (κ3) is 3.91. The number of sulfonamides is 1. The molecule has 3 aliphatic rings. The van der Waals surface area contributed by atoms with Crippen LogP contribution in [0, 0.1) is 0 Å². The lowest BCUT2D eigenvalue weighted by Crippen LogP contribution is -2.50. The van der Waals surface area contributed by atoms with Crippen LogP contribution in [0.1, 0.15) is 18.1 Å². The van der Waals surface area contributed by atoms with E-state index in [1.807, 2.05) is 18.2 Å². The summed E-state index contributed by atoms with van der Waals surface area (Å²) in [5.41, 5.74) is 1.64. The van der Waals surface area contributed by atoms with Gasteiger partial charge in [0.2, 0.25) is 12.7 Å². The monoisotopic (exact) mass is 456 g/mol. The SMILES string of the molecule is C[C@@H](N=C1NS(=O)(=O)c2ccccc21)C(=O)N1CCN(Cc2ccc3c(c2)OCO3)CC1. The van der Waals surface area contributed by atoms with E-state index < -0.39 is 16.1 Å². The van der Waals surface area contributed by atoms with Crippen molar-refractivity contribution in [1.29, 1.82) is 0 Å². The predicted octanol–water partition coefficient (Wildman–Crippen LogP) is 1.19. The highest BCUT2D eigenvalue weighted by Crippen LogP contribution is 2.33. The molecule has 3 heterocycles. The molecule has 10 heteroatoms. The third-order valence-corrected chi connectivity index (χ3v) is 7.27. The maximum Gasteiger partial charge on any atom is 0.263 e. The number of aliphatic imine (C=N–C) groups is 1. The van der Waals surface area contributed by atoms with Crippen LogP contribution < -0.4 is 14.2 Å². The van der Waals surface area contributed by atoms with Gasteiger partial charge < -0.3 is 14.4 Å². The smallest absolute Gasteiger partial charge is 0.263 e. The fourth-order valence-electron chi connectivity index (χ4n) is 4.17. The van der Waals surface area contributed by atoms with Gasteiger partial charge >= 0.3 is 0 Å². The number of rotatable bonds is 4. The minimum atomic E-state index is -3.62. The summed E-state index contributed by atoms with van der Waals surface area (Å²) in [4.78, 5) is 21.6.